The second-order valence-electron chi connectivity index (χ2n) is 11.0. The van der Waals surface area contributed by atoms with Crippen molar-refractivity contribution >= 4 is 5.78 Å². The van der Waals surface area contributed by atoms with Crippen LogP contribution in [-0.2, 0) is 0 Å². The van der Waals surface area contributed by atoms with Crippen LogP contribution in [0.25, 0.3) is 0 Å². The van der Waals surface area contributed by atoms with E-state index in [1.165, 1.54) is 128 Å². The number of aromatic hydroxyl groups is 1. The van der Waals surface area contributed by atoms with Crippen LogP contribution in [0.4, 0.5) is 0 Å². The molecule has 0 aliphatic carbocycles. The van der Waals surface area contributed by atoms with Gasteiger partial charge in [-0.25, -0.2) is 0 Å². The minimum atomic E-state index is 0.200. The Balaban J connectivity index is 1.90. The van der Waals surface area contributed by atoms with Crippen molar-refractivity contribution in [1.82, 2.24) is 0 Å². The highest BCUT2D eigenvalue weighted by Gasteiger charge is 2.11. The zero-order chi connectivity index (χ0) is 26.1. The number of hydrogen-bond donors (Lipinski definition) is 2. The van der Waals surface area contributed by atoms with Crippen molar-refractivity contribution in [3.05, 3.63) is 29.8 Å². The Labute approximate surface area is 223 Å². The third-order valence-corrected chi connectivity index (χ3v) is 7.67. The summed E-state index contributed by atoms with van der Waals surface area (Å²) >= 11 is 0. The Hall–Kier alpha value is -1.35. The Morgan fingerprint density at radius 2 is 1.03 bits per heavy atom. The number of aliphatic hydroxyl groups is 1. The fourth-order valence-electron chi connectivity index (χ4n) is 5.38. The number of phenolic OH excluding ortho intramolecular Hbond substituents is 1. The second-order valence-corrected chi connectivity index (χ2v) is 11.0. The molecule has 0 aliphatic heterocycles. The van der Waals surface area contributed by atoms with Gasteiger partial charge in [-0.05, 0) is 43.0 Å². The smallest absolute Gasteiger partial charge is 0.162 e. The summed E-state index contributed by atoms with van der Waals surface area (Å²) in [5.41, 5.74) is 0.719. The normalized spacial score (nSPS) is 12.2. The van der Waals surface area contributed by atoms with Gasteiger partial charge >= 0.3 is 0 Å². The monoisotopic (exact) mass is 502 g/mol. The molecule has 1 rings (SSSR count). The summed E-state index contributed by atoms with van der Waals surface area (Å²) in [4.78, 5) is 12.3. The summed E-state index contributed by atoms with van der Waals surface area (Å²) in [6, 6.07) is 6.66. The number of phenols is 1. The lowest BCUT2D eigenvalue weighted by molar-refractivity contribution is 0.0977. The van der Waals surface area contributed by atoms with E-state index >= 15 is 0 Å². The van der Waals surface area contributed by atoms with Crippen molar-refractivity contribution in [3.63, 3.8) is 0 Å². The molecular weight excluding hydrogens is 444 g/mol. The van der Waals surface area contributed by atoms with Crippen LogP contribution in [-0.4, -0.2) is 22.6 Å². The molecule has 0 saturated carbocycles. The first-order valence-electron chi connectivity index (χ1n) is 15.6. The van der Waals surface area contributed by atoms with Crippen molar-refractivity contribution in [2.24, 2.45) is 5.92 Å². The molecule has 3 heteroatoms. The van der Waals surface area contributed by atoms with E-state index in [4.69, 9.17) is 5.11 Å². The Bertz CT molecular complexity index is 610. The lowest BCUT2D eigenvalue weighted by Crippen LogP contribution is -2.04. The molecule has 208 valence electrons. The molecule has 0 aromatic heterocycles. The van der Waals surface area contributed by atoms with Crippen molar-refractivity contribution in [3.8, 4) is 5.75 Å². The number of carbonyl (C=O) groups is 1. The molecule has 2 N–H and O–H groups in total. The number of unbranched alkanes of at least 4 members (excludes halogenated alkanes) is 16. The lowest BCUT2D eigenvalue weighted by Gasteiger charge is -2.16. The van der Waals surface area contributed by atoms with Gasteiger partial charge in [0.05, 0.1) is 0 Å². The van der Waals surface area contributed by atoms with E-state index in [0.29, 0.717) is 13.0 Å². The third-order valence-electron chi connectivity index (χ3n) is 7.67. The van der Waals surface area contributed by atoms with Crippen LogP contribution >= 0.6 is 0 Å². The van der Waals surface area contributed by atoms with Crippen LogP contribution in [0.2, 0.25) is 0 Å². The average molecular weight is 503 g/mol. The van der Waals surface area contributed by atoms with Crippen molar-refractivity contribution in [1.29, 1.82) is 0 Å². The first-order chi connectivity index (χ1) is 17.7. The topological polar surface area (TPSA) is 57.5 Å². The zero-order valence-electron chi connectivity index (χ0n) is 23.7. The summed E-state index contributed by atoms with van der Waals surface area (Å²) in [5, 5.41) is 18.2. The maximum atomic E-state index is 12.3. The highest BCUT2D eigenvalue weighted by atomic mass is 16.3. The molecule has 0 heterocycles. The molecule has 1 aromatic rings. The van der Waals surface area contributed by atoms with Crippen LogP contribution in [0.1, 0.15) is 165 Å². The number of Topliss-reactive ketones (excluding diaryl/α,β-unsaturated/α-hetero) is 1. The molecule has 0 bridgehead atoms. The van der Waals surface area contributed by atoms with Gasteiger partial charge in [0.15, 0.2) is 5.78 Å². The van der Waals surface area contributed by atoms with Crippen molar-refractivity contribution in [2.45, 2.75) is 155 Å². The number of carbonyl (C=O) groups excluding carboxylic acids is 1. The molecule has 1 unspecified atom stereocenters. The van der Waals surface area contributed by atoms with E-state index < -0.39 is 0 Å². The van der Waals surface area contributed by atoms with Gasteiger partial charge in [-0.15, -0.1) is 0 Å². The molecule has 3 nitrogen and oxygen atoms in total. The van der Waals surface area contributed by atoms with Gasteiger partial charge in [0.1, 0.15) is 5.75 Å². The van der Waals surface area contributed by atoms with E-state index in [-0.39, 0.29) is 11.5 Å². The molecule has 0 aliphatic rings. The molecule has 0 saturated heterocycles. The minimum Gasteiger partial charge on any atom is -0.508 e. The molecular formula is C33H58O3. The molecule has 1 atom stereocenters. The number of hydrogen-bond acceptors (Lipinski definition) is 3. The predicted octanol–water partition coefficient (Wildman–Crippen LogP) is 10.2. The first-order valence-corrected chi connectivity index (χ1v) is 15.6. The summed E-state index contributed by atoms with van der Waals surface area (Å²) < 4.78 is 0. The van der Waals surface area contributed by atoms with Gasteiger partial charge in [-0.2, -0.15) is 0 Å². The van der Waals surface area contributed by atoms with Gasteiger partial charge in [0.2, 0.25) is 0 Å². The highest BCUT2D eigenvalue weighted by molar-refractivity contribution is 5.96. The standard InChI is InChI=1S/C33H58O3/c1-2-21-30(23-20-24-33(36)31-25-27-32(35)28-26-31)22-18-16-14-12-10-8-6-4-3-5-7-9-11-13-15-17-19-29-34/h25-28,30,34-35H,2-24,29H2,1H3. The van der Waals surface area contributed by atoms with E-state index in [1.807, 2.05) is 0 Å². The number of rotatable bonds is 26. The first kappa shape index (κ1) is 32.7. The van der Waals surface area contributed by atoms with Crippen LogP contribution in [0, 0.1) is 5.92 Å². The SMILES string of the molecule is CCCC(CCCCCCCCCCCCCCCCCCCO)CCCC(=O)c1ccc(O)cc1. The summed E-state index contributed by atoms with van der Waals surface area (Å²) in [6.07, 6.45) is 29.6. The molecule has 0 spiro atoms. The minimum absolute atomic E-state index is 0.200. The van der Waals surface area contributed by atoms with Gasteiger partial charge in [-0.1, -0.05) is 135 Å². The predicted molar refractivity (Wildman–Crippen MR) is 155 cm³/mol. The maximum absolute atomic E-state index is 12.3. The van der Waals surface area contributed by atoms with Crippen molar-refractivity contribution < 1.29 is 15.0 Å². The zero-order valence-corrected chi connectivity index (χ0v) is 23.7. The molecule has 36 heavy (non-hydrogen) atoms. The fourth-order valence-corrected chi connectivity index (χ4v) is 5.38. The number of aliphatic hydroxyl groups excluding tert-OH is 1. The van der Waals surface area contributed by atoms with E-state index in [0.717, 1.165) is 24.3 Å². The molecule has 1 aromatic carbocycles. The Morgan fingerprint density at radius 3 is 1.47 bits per heavy atom. The lowest BCUT2D eigenvalue weighted by atomic mass is 9.90. The second kappa shape index (κ2) is 24.0. The van der Waals surface area contributed by atoms with Gasteiger partial charge in [0.25, 0.3) is 0 Å². The summed E-state index contributed by atoms with van der Waals surface area (Å²) in [6.45, 7) is 2.63. The highest BCUT2D eigenvalue weighted by Crippen LogP contribution is 2.23. The number of ketones is 1. The van der Waals surface area contributed by atoms with E-state index in [2.05, 4.69) is 6.92 Å². The third kappa shape index (κ3) is 18.9. The van der Waals surface area contributed by atoms with Gasteiger partial charge in [0, 0.05) is 18.6 Å². The largest absolute Gasteiger partial charge is 0.508 e. The quantitative estimate of drug-likeness (QED) is 0.0978. The molecule has 0 radical (unpaired) electrons. The number of benzene rings is 1. The maximum Gasteiger partial charge on any atom is 0.162 e. The van der Waals surface area contributed by atoms with E-state index in [1.54, 1.807) is 24.3 Å². The van der Waals surface area contributed by atoms with Crippen LogP contribution < -0.4 is 0 Å². The summed E-state index contributed by atoms with van der Waals surface area (Å²) in [7, 11) is 0. The van der Waals surface area contributed by atoms with Crippen LogP contribution in [0.5, 0.6) is 5.75 Å². The molecule has 0 amide bonds. The Kier molecular flexibility index (Phi) is 21.8. The Morgan fingerprint density at radius 1 is 0.611 bits per heavy atom. The summed E-state index contributed by atoms with van der Waals surface area (Å²) in [5.74, 6) is 1.19. The van der Waals surface area contributed by atoms with E-state index in [9.17, 15) is 9.90 Å². The average Bonchev–Trinajstić information content (AvgIpc) is 2.88. The van der Waals surface area contributed by atoms with Gasteiger partial charge < -0.3 is 10.2 Å². The van der Waals surface area contributed by atoms with Gasteiger partial charge in [-0.3, -0.25) is 4.79 Å². The van der Waals surface area contributed by atoms with Crippen LogP contribution in [0.3, 0.4) is 0 Å². The fraction of sp³-hybridized carbons (Fsp3) is 0.788. The van der Waals surface area contributed by atoms with Crippen molar-refractivity contribution in [2.75, 3.05) is 6.61 Å². The molecule has 0 fully saturated rings. The van der Waals surface area contributed by atoms with Crippen LogP contribution in [0.15, 0.2) is 24.3 Å².